The third-order valence-electron chi connectivity index (χ3n) is 4.11. The van der Waals surface area contributed by atoms with Crippen LogP contribution in [0.1, 0.15) is 52.6 Å². The molecular formula is C18H20F3N3O4. The molecule has 1 amide bonds. The van der Waals surface area contributed by atoms with Crippen LogP contribution in [0.15, 0.2) is 30.5 Å². The molecule has 0 spiro atoms. The number of amides is 1. The Labute approximate surface area is 158 Å². The average Bonchev–Trinajstić information content (AvgIpc) is 3.11. The summed E-state index contributed by atoms with van der Waals surface area (Å²) in [4.78, 5) is 23.1. The van der Waals surface area contributed by atoms with Crippen LogP contribution in [0.2, 0.25) is 0 Å². The highest BCUT2D eigenvalue weighted by molar-refractivity contribution is 5.94. The van der Waals surface area contributed by atoms with E-state index >= 15 is 0 Å². The van der Waals surface area contributed by atoms with Crippen molar-refractivity contribution in [3.63, 3.8) is 0 Å². The third kappa shape index (κ3) is 5.10. The first-order chi connectivity index (χ1) is 13.1. The summed E-state index contributed by atoms with van der Waals surface area (Å²) < 4.78 is 40.2. The lowest BCUT2D eigenvalue weighted by molar-refractivity contribution is -0.143. The van der Waals surface area contributed by atoms with Gasteiger partial charge >= 0.3 is 12.1 Å². The first kappa shape index (κ1) is 21.4. The van der Waals surface area contributed by atoms with E-state index in [1.807, 2.05) is 6.92 Å². The molecule has 3 N–H and O–H groups in total. The molecule has 1 aromatic heterocycles. The van der Waals surface area contributed by atoms with E-state index in [0.717, 1.165) is 0 Å². The zero-order valence-electron chi connectivity index (χ0n) is 15.0. The van der Waals surface area contributed by atoms with E-state index in [4.69, 9.17) is 5.11 Å². The van der Waals surface area contributed by atoms with Crippen LogP contribution in [0.3, 0.4) is 0 Å². The number of halogens is 3. The van der Waals surface area contributed by atoms with E-state index in [9.17, 15) is 27.9 Å². The molecule has 152 valence electrons. The largest absolute Gasteiger partial charge is 0.478 e. The number of carboxylic acids is 1. The van der Waals surface area contributed by atoms with Gasteiger partial charge in [0.25, 0.3) is 5.91 Å². The molecule has 1 heterocycles. The number of nitrogens with zero attached hydrogens (tertiary/aromatic N) is 2. The Balaban J connectivity index is 2.13. The lowest BCUT2D eigenvalue weighted by Gasteiger charge is -2.12. The highest BCUT2D eigenvalue weighted by Gasteiger charge is 2.40. The molecule has 28 heavy (non-hydrogen) atoms. The summed E-state index contributed by atoms with van der Waals surface area (Å²) in [6.45, 7) is 2.21. The molecule has 10 heteroatoms. The Morgan fingerprint density at radius 2 is 1.89 bits per heavy atom. The van der Waals surface area contributed by atoms with E-state index < -0.39 is 35.4 Å². The number of carboxylic acid groups (broad SMARTS) is 1. The molecule has 1 unspecified atom stereocenters. The van der Waals surface area contributed by atoms with Crippen LogP contribution >= 0.6 is 0 Å². The predicted octanol–water partition coefficient (Wildman–Crippen LogP) is 2.87. The van der Waals surface area contributed by atoms with Gasteiger partial charge in [-0.2, -0.15) is 18.3 Å². The summed E-state index contributed by atoms with van der Waals surface area (Å²) >= 11 is 0. The Hall–Kier alpha value is -2.88. The number of rotatable bonds is 8. The second-order valence-electron chi connectivity index (χ2n) is 6.13. The number of carbonyl (C=O) groups is 2. The van der Waals surface area contributed by atoms with Gasteiger partial charge in [-0.15, -0.1) is 0 Å². The SMILES string of the molecule is CCC(O)CCCNC(=O)c1ccc(-n2ncc(C(=O)O)c2C(F)(F)F)cc1. The lowest BCUT2D eigenvalue weighted by atomic mass is 10.1. The van der Waals surface area contributed by atoms with E-state index in [-0.39, 0.29) is 11.3 Å². The van der Waals surface area contributed by atoms with Gasteiger partial charge < -0.3 is 15.5 Å². The molecule has 0 fully saturated rings. The van der Waals surface area contributed by atoms with Gasteiger partial charge in [0.15, 0.2) is 5.69 Å². The summed E-state index contributed by atoms with van der Waals surface area (Å²) in [5.74, 6) is -2.14. The summed E-state index contributed by atoms with van der Waals surface area (Å²) in [5, 5.41) is 24.6. The van der Waals surface area contributed by atoms with Crippen LogP contribution in [0.4, 0.5) is 13.2 Å². The van der Waals surface area contributed by atoms with Crippen LogP contribution < -0.4 is 5.32 Å². The van der Waals surface area contributed by atoms with Crippen LogP contribution in [0.25, 0.3) is 5.69 Å². The van der Waals surface area contributed by atoms with Gasteiger partial charge in [0.2, 0.25) is 0 Å². The van der Waals surface area contributed by atoms with E-state index in [1.54, 1.807) is 0 Å². The molecule has 1 atom stereocenters. The zero-order chi connectivity index (χ0) is 20.9. The summed E-state index contributed by atoms with van der Waals surface area (Å²) in [5.41, 5.74) is -2.14. The molecule has 0 saturated heterocycles. The first-order valence-corrected chi connectivity index (χ1v) is 8.60. The first-order valence-electron chi connectivity index (χ1n) is 8.60. The number of alkyl halides is 3. The van der Waals surface area contributed by atoms with Crippen LogP contribution in [0, 0.1) is 0 Å². The topological polar surface area (TPSA) is 104 Å². The Bertz CT molecular complexity index is 832. The maximum Gasteiger partial charge on any atom is 0.434 e. The number of nitrogens with one attached hydrogen (secondary N) is 1. The molecule has 0 aliphatic rings. The van der Waals surface area contributed by atoms with Gasteiger partial charge in [0, 0.05) is 12.1 Å². The standard InChI is InChI=1S/C18H20F3N3O4/c1-2-13(25)4-3-9-22-16(26)11-5-7-12(8-6-11)24-15(18(19,20)21)14(10-23-24)17(27)28/h5-8,10,13,25H,2-4,9H2,1H3,(H,22,26)(H,27,28). The maximum absolute atomic E-state index is 13.2. The summed E-state index contributed by atoms with van der Waals surface area (Å²) in [7, 11) is 0. The van der Waals surface area contributed by atoms with Crippen molar-refractivity contribution in [2.24, 2.45) is 0 Å². The minimum atomic E-state index is -4.91. The van der Waals surface area contributed by atoms with Crippen LogP contribution in [-0.4, -0.2) is 44.5 Å². The quantitative estimate of drug-likeness (QED) is 0.592. The van der Waals surface area contributed by atoms with Crippen molar-refractivity contribution in [1.82, 2.24) is 15.1 Å². The number of benzene rings is 1. The van der Waals surface area contributed by atoms with Crippen molar-refractivity contribution in [2.45, 2.75) is 38.5 Å². The number of aliphatic hydroxyl groups excluding tert-OH is 1. The molecule has 2 aromatic rings. The van der Waals surface area contributed by atoms with Crippen molar-refractivity contribution >= 4 is 11.9 Å². The van der Waals surface area contributed by atoms with Crippen molar-refractivity contribution in [1.29, 1.82) is 0 Å². The highest BCUT2D eigenvalue weighted by atomic mass is 19.4. The third-order valence-corrected chi connectivity index (χ3v) is 4.11. The fourth-order valence-electron chi connectivity index (χ4n) is 2.57. The lowest BCUT2D eigenvalue weighted by Crippen LogP contribution is -2.25. The molecule has 2 rings (SSSR count). The van der Waals surface area contributed by atoms with E-state index in [0.29, 0.717) is 36.7 Å². The van der Waals surface area contributed by atoms with Gasteiger partial charge in [-0.3, -0.25) is 4.79 Å². The molecule has 0 radical (unpaired) electrons. The van der Waals surface area contributed by atoms with Gasteiger partial charge in [0.1, 0.15) is 5.56 Å². The molecule has 0 bridgehead atoms. The van der Waals surface area contributed by atoms with Crippen LogP contribution in [0.5, 0.6) is 0 Å². The minimum absolute atomic E-state index is 0.0255. The predicted molar refractivity (Wildman–Crippen MR) is 93.4 cm³/mol. The Morgan fingerprint density at radius 1 is 1.25 bits per heavy atom. The highest BCUT2D eigenvalue weighted by Crippen LogP contribution is 2.33. The van der Waals surface area contributed by atoms with E-state index in [2.05, 4.69) is 10.4 Å². The monoisotopic (exact) mass is 399 g/mol. The van der Waals surface area contributed by atoms with E-state index in [1.165, 1.54) is 24.3 Å². The molecular weight excluding hydrogens is 379 g/mol. The Kier molecular flexibility index (Phi) is 6.79. The zero-order valence-corrected chi connectivity index (χ0v) is 15.0. The van der Waals surface area contributed by atoms with Gasteiger partial charge in [-0.25, -0.2) is 9.48 Å². The fraction of sp³-hybridized carbons (Fsp3) is 0.389. The fourth-order valence-corrected chi connectivity index (χ4v) is 2.57. The van der Waals surface area contributed by atoms with Crippen molar-refractivity contribution in [3.05, 3.63) is 47.3 Å². The molecule has 1 aromatic carbocycles. The number of aromatic nitrogens is 2. The van der Waals surface area contributed by atoms with Gasteiger partial charge in [0.05, 0.1) is 18.0 Å². The van der Waals surface area contributed by atoms with Crippen molar-refractivity contribution in [2.75, 3.05) is 6.54 Å². The maximum atomic E-state index is 13.2. The molecule has 0 aliphatic heterocycles. The number of aromatic carboxylic acids is 1. The number of hydrogen-bond acceptors (Lipinski definition) is 4. The van der Waals surface area contributed by atoms with Crippen molar-refractivity contribution in [3.8, 4) is 5.69 Å². The molecule has 0 aliphatic carbocycles. The summed E-state index contributed by atoms with van der Waals surface area (Å²) in [6, 6.07) is 5.16. The minimum Gasteiger partial charge on any atom is -0.478 e. The Morgan fingerprint density at radius 3 is 2.43 bits per heavy atom. The average molecular weight is 399 g/mol. The van der Waals surface area contributed by atoms with Crippen LogP contribution in [-0.2, 0) is 6.18 Å². The van der Waals surface area contributed by atoms with Gasteiger partial charge in [-0.1, -0.05) is 6.92 Å². The summed E-state index contributed by atoms with van der Waals surface area (Å²) in [6.07, 6.45) is -2.91. The molecule has 0 saturated carbocycles. The number of hydrogen-bond donors (Lipinski definition) is 3. The normalized spacial score (nSPS) is 12.6. The number of aliphatic hydroxyl groups is 1. The second-order valence-corrected chi connectivity index (χ2v) is 6.13. The second kappa shape index (κ2) is 8.87. The van der Waals surface area contributed by atoms with Crippen molar-refractivity contribution < 1.29 is 33.0 Å². The number of carbonyl (C=O) groups excluding carboxylic acids is 1. The van der Waals surface area contributed by atoms with Gasteiger partial charge in [-0.05, 0) is 43.5 Å². The molecule has 7 nitrogen and oxygen atoms in total. The smallest absolute Gasteiger partial charge is 0.434 e.